The van der Waals surface area contributed by atoms with Crippen molar-refractivity contribution in [2.45, 2.75) is 51.6 Å². The highest BCUT2D eigenvalue weighted by atomic mass is 35.5. The molecule has 168 valence electrons. The Morgan fingerprint density at radius 1 is 1.16 bits per heavy atom. The predicted molar refractivity (Wildman–Crippen MR) is 129 cm³/mol. The van der Waals surface area contributed by atoms with E-state index in [4.69, 9.17) is 16.3 Å². The zero-order chi connectivity index (χ0) is 22.8. The van der Waals surface area contributed by atoms with Crippen molar-refractivity contribution in [1.82, 2.24) is 10.2 Å². The maximum Gasteiger partial charge on any atom is 0.242 e. The topological polar surface area (TPSA) is 58.6 Å². The zero-order valence-corrected chi connectivity index (χ0v) is 20.1. The van der Waals surface area contributed by atoms with Crippen molar-refractivity contribution in [2.75, 3.05) is 12.9 Å². The molecule has 0 fully saturated rings. The first kappa shape index (κ1) is 25.1. The first-order valence-electron chi connectivity index (χ1n) is 10.4. The fourth-order valence-corrected chi connectivity index (χ4v) is 4.16. The van der Waals surface area contributed by atoms with E-state index in [0.717, 1.165) is 23.3 Å². The number of amides is 2. The van der Waals surface area contributed by atoms with Crippen molar-refractivity contribution < 1.29 is 14.3 Å². The lowest BCUT2D eigenvalue weighted by molar-refractivity contribution is -0.138. The van der Waals surface area contributed by atoms with Crippen LogP contribution >= 0.6 is 23.4 Å². The average Bonchev–Trinajstić information content (AvgIpc) is 2.78. The van der Waals surface area contributed by atoms with Crippen molar-refractivity contribution in [3.05, 3.63) is 64.7 Å². The van der Waals surface area contributed by atoms with Crippen molar-refractivity contribution >= 4 is 35.2 Å². The van der Waals surface area contributed by atoms with E-state index >= 15 is 0 Å². The summed E-state index contributed by atoms with van der Waals surface area (Å²) in [5.74, 6) is 1.37. The van der Waals surface area contributed by atoms with Gasteiger partial charge in [-0.05, 0) is 49.6 Å². The fourth-order valence-electron chi connectivity index (χ4n) is 2.96. The number of methoxy groups -OCH3 is 1. The van der Waals surface area contributed by atoms with Crippen LogP contribution in [0, 0.1) is 0 Å². The van der Waals surface area contributed by atoms with E-state index in [2.05, 4.69) is 5.32 Å². The first-order valence-corrected chi connectivity index (χ1v) is 11.9. The van der Waals surface area contributed by atoms with Crippen LogP contribution in [0.2, 0.25) is 5.02 Å². The third kappa shape index (κ3) is 7.78. The molecule has 2 rings (SSSR count). The molecule has 0 aliphatic carbocycles. The van der Waals surface area contributed by atoms with Crippen LogP contribution in [0.5, 0.6) is 5.75 Å². The molecule has 0 spiro atoms. The summed E-state index contributed by atoms with van der Waals surface area (Å²) in [6.45, 7) is 6.07. The number of halogens is 1. The zero-order valence-electron chi connectivity index (χ0n) is 18.6. The monoisotopic (exact) mass is 462 g/mol. The van der Waals surface area contributed by atoms with E-state index in [-0.39, 0.29) is 23.6 Å². The van der Waals surface area contributed by atoms with Crippen LogP contribution in [0.15, 0.2) is 48.5 Å². The Hall–Kier alpha value is -2.18. The molecule has 0 radical (unpaired) electrons. The quantitative estimate of drug-likeness (QED) is 0.515. The van der Waals surface area contributed by atoms with Crippen LogP contribution in [0.4, 0.5) is 0 Å². The molecular weight excluding hydrogens is 432 g/mol. The summed E-state index contributed by atoms with van der Waals surface area (Å²) in [7, 11) is 1.61. The molecule has 0 saturated heterocycles. The number of ether oxygens (including phenoxy) is 1. The lowest BCUT2D eigenvalue weighted by atomic mass is 10.1. The van der Waals surface area contributed by atoms with Gasteiger partial charge in [0, 0.05) is 23.4 Å². The first-order chi connectivity index (χ1) is 14.8. The van der Waals surface area contributed by atoms with Gasteiger partial charge in [0.15, 0.2) is 0 Å². The molecule has 0 heterocycles. The van der Waals surface area contributed by atoms with Crippen LogP contribution in [0.25, 0.3) is 0 Å². The lowest BCUT2D eigenvalue weighted by Crippen LogP contribution is -2.50. The number of thioether (sulfide) groups is 1. The van der Waals surface area contributed by atoms with Crippen LogP contribution in [0.3, 0.4) is 0 Å². The smallest absolute Gasteiger partial charge is 0.242 e. The standard InChI is InChI=1S/C24H31ClN2O3S/c1-5-17(2)26-24(29)18(3)27(14-19-9-8-11-21(13-19)30-4)23(28)16-31-15-20-10-6-7-12-22(20)25/h6-13,17-18H,5,14-16H2,1-4H3,(H,26,29). The highest BCUT2D eigenvalue weighted by molar-refractivity contribution is 7.99. The van der Waals surface area contributed by atoms with Crippen LogP contribution in [-0.4, -0.2) is 41.7 Å². The third-order valence-corrected chi connectivity index (χ3v) is 6.43. The van der Waals surface area contributed by atoms with Crippen LogP contribution in [-0.2, 0) is 21.9 Å². The van der Waals surface area contributed by atoms with Gasteiger partial charge in [-0.2, -0.15) is 0 Å². The number of carbonyl (C=O) groups is 2. The summed E-state index contributed by atoms with van der Waals surface area (Å²) in [6.07, 6.45) is 0.829. The normalized spacial score (nSPS) is 12.7. The summed E-state index contributed by atoms with van der Waals surface area (Å²) >= 11 is 7.71. The SMILES string of the molecule is CCC(C)NC(=O)C(C)N(Cc1cccc(OC)c1)C(=O)CSCc1ccccc1Cl. The number of carbonyl (C=O) groups excluding carboxylic acids is 2. The van der Waals surface area contributed by atoms with Gasteiger partial charge in [0.05, 0.1) is 12.9 Å². The van der Waals surface area contributed by atoms with Gasteiger partial charge in [0.1, 0.15) is 11.8 Å². The molecular formula is C24H31ClN2O3S. The molecule has 2 aromatic carbocycles. The largest absolute Gasteiger partial charge is 0.497 e. The van der Waals surface area contributed by atoms with E-state index < -0.39 is 6.04 Å². The molecule has 2 atom stereocenters. The molecule has 31 heavy (non-hydrogen) atoms. The molecule has 0 aliphatic heterocycles. The van der Waals surface area contributed by atoms with Gasteiger partial charge in [-0.1, -0.05) is 48.9 Å². The van der Waals surface area contributed by atoms with Gasteiger partial charge >= 0.3 is 0 Å². The van der Waals surface area contributed by atoms with Crippen LogP contribution in [0.1, 0.15) is 38.3 Å². The maximum atomic E-state index is 13.1. The minimum Gasteiger partial charge on any atom is -0.497 e. The second-order valence-corrected chi connectivity index (χ2v) is 8.84. The number of rotatable bonds is 11. The number of hydrogen-bond acceptors (Lipinski definition) is 4. The van der Waals surface area contributed by atoms with E-state index in [1.165, 1.54) is 11.8 Å². The van der Waals surface area contributed by atoms with Crippen molar-refractivity contribution in [1.29, 1.82) is 0 Å². The molecule has 5 nitrogen and oxygen atoms in total. The molecule has 0 aliphatic rings. The van der Waals surface area contributed by atoms with Crippen molar-refractivity contribution in [3.63, 3.8) is 0 Å². The minimum atomic E-state index is -0.589. The Morgan fingerprint density at radius 3 is 2.58 bits per heavy atom. The molecule has 2 unspecified atom stereocenters. The molecule has 0 aromatic heterocycles. The summed E-state index contributed by atoms with van der Waals surface area (Å²) in [6, 6.07) is 14.6. The average molecular weight is 463 g/mol. The fraction of sp³-hybridized carbons (Fsp3) is 0.417. The third-order valence-electron chi connectivity index (χ3n) is 5.10. The predicted octanol–water partition coefficient (Wildman–Crippen LogP) is 4.91. The van der Waals surface area contributed by atoms with Gasteiger partial charge in [-0.3, -0.25) is 9.59 Å². The Labute approximate surface area is 194 Å². The van der Waals surface area contributed by atoms with Crippen molar-refractivity contribution in [2.24, 2.45) is 0 Å². The van der Waals surface area contributed by atoms with Crippen LogP contribution < -0.4 is 10.1 Å². The van der Waals surface area contributed by atoms with Gasteiger partial charge < -0.3 is 15.0 Å². The summed E-state index contributed by atoms with van der Waals surface area (Å²) in [5.41, 5.74) is 1.90. The Balaban J connectivity index is 2.11. The highest BCUT2D eigenvalue weighted by Gasteiger charge is 2.26. The summed E-state index contributed by atoms with van der Waals surface area (Å²) in [4.78, 5) is 27.5. The molecule has 1 N–H and O–H groups in total. The minimum absolute atomic E-state index is 0.0540. The number of benzene rings is 2. The number of nitrogens with one attached hydrogen (secondary N) is 1. The molecule has 2 aromatic rings. The number of nitrogens with zero attached hydrogens (tertiary/aromatic N) is 1. The number of hydrogen-bond donors (Lipinski definition) is 1. The molecule has 0 saturated carbocycles. The second kappa shape index (κ2) is 12.6. The highest BCUT2D eigenvalue weighted by Crippen LogP contribution is 2.22. The summed E-state index contributed by atoms with van der Waals surface area (Å²) < 4.78 is 5.30. The lowest BCUT2D eigenvalue weighted by Gasteiger charge is -2.29. The Kier molecular flexibility index (Phi) is 10.2. The Morgan fingerprint density at radius 2 is 1.90 bits per heavy atom. The van der Waals surface area contributed by atoms with Crippen molar-refractivity contribution in [3.8, 4) is 5.75 Å². The Bertz CT molecular complexity index is 877. The molecule has 7 heteroatoms. The van der Waals surface area contributed by atoms with E-state index in [9.17, 15) is 9.59 Å². The molecule has 2 amide bonds. The maximum absolute atomic E-state index is 13.1. The van der Waals surface area contributed by atoms with Gasteiger partial charge in [-0.25, -0.2) is 0 Å². The van der Waals surface area contributed by atoms with Gasteiger partial charge in [0.25, 0.3) is 0 Å². The van der Waals surface area contributed by atoms with E-state index in [1.807, 2.05) is 62.4 Å². The second-order valence-electron chi connectivity index (χ2n) is 7.45. The van der Waals surface area contributed by atoms with Gasteiger partial charge in [0.2, 0.25) is 11.8 Å². The molecule has 0 bridgehead atoms. The summed E-state index contributed by atoms with van der Waals surface area (Å²) in [5, 5.41) is 3.67. The van der Waals surface area contributed by atoms with E-state index in [1.54, 1.807) is 18.9 Å². The van der Waals surface area contributed by atoms with Gasteiger partial charge in [-0.15, -0.1) is 11.8 Å². The van der Waals surface area contributed by atoms with E-state index in [0.29, 0.717) is 17.3 Å².